The van der Waals surface area contributed by atoms with Crippen molar-refractivity contribution < 1.29 is 19.4 Å². The van der Waals surface area contributed by atoms with Crippen LogP contribution in [0.5, 0.6) is 0 Å². The first-order valence-corrected chi connectivity index (χ1v) is 4.93. The smallest absolute Gasteiger partial charge is 0.317 e. The Kier molecular flexibility index (Phi) is 7.49. The molecule has 0 spiro atoms. The molecule has 0 heterocycles. The monoisotopic (exact) mass is 224 g/mol. The maximum atomic E-state index is 10.5. The summed E-state index contributed by atoms with van der Waals surface area (Å²) >= 11 is 0. The van der Waals surface area contributed by atoms with E-state index in [9.17, 15) is 9.59 Å². The van der Waals surface area contributed by atoms with Crippen molar-refractivity contribution in [2.45, 2.75) is 26.4 Å². The largest absolute Gasteiger partial charge is 0.481 e. The third kappa shape index (κ3) is 10.2. The number of rotatable bonds is 3. The number of esters is 1. The van der Waals surface area contributed by atoms with Crippen molar-refractivity contribution in [3.8, 4) is 0 Å². The van der Waals surface area contributed by atoms with Gasteiger partial charge in [0.25, 0.3) is 0 Å². The first-order valence-electron chi connectivity index (χ1n) is 4.93. The van der Waals surface area contributed by atoms with Gasteiger partial charge in [-0.25, -0.2) is 0 Å². The molecule has 4 heteroatoms. The van der Waals surface area contributed by atoms with Gasteiger partial charge >= 0.3 is 11.9 Å². The van der Waals surface area contributed by atoms with E-state index < -0.39 is 18.4 Å². The first kappa shape index (κ1) is 14.2. The third-order valence-corrected chi connectivity index (χ3v) is 1.33. The van der Waals surface area contributed by atoms with Gasteiger partial charge in [-0.3, -0.25) is 9.59 Å². The molecule has 1 aromatic rings. The van der Waals surface area contributed by atoms with E-state index in [1.807, 2.05) is 36.4 Å². The van der Waals surface area contributed by atoms with Crippen LogP contribution in [0.15, 0.2) is 36.4 Å². The van der Waals surface area contributed by atoms with Crippen LogP contribution in [0, 0.1) is 0 Å². The highest BCUT2D eigenvalue weighted by Crippen LogP contribution is 1.92. The van der Waals surface area contributed by atoms with Gasteiger partial charge in [0.05, 0.1) is 6.10 Å². The molecule has 0 atom stereocenters. The van der Waals surface area contributed by atoms with Gasteiger partial charge in [-0.05, 0) is 13.8 Å². The molecule has 0 aromatic heterocycles. The quantitative estimate of drug-likeness (QED) is 0.630. The summed E-state index contributed by atoms with van der Waals surface area (Å²) in [6.45, 7) is 3.33. The van der Waals surface area contributed by atoms with Crippen molar-refractivity contribution in [1.29, 1.82) is 0 Å². The van der Waals surface area contributed by atoms with Gasteiger partial charge in [-0.15, -0.1) is 0 Å². The summed E-state index contributed by atoms with van der Waals surface area (Å²) in [6, 6.07) is 12.0. The Bertz CT molecular complexity index is 279. The molecule has 0 fully saturated rings. The molecule has 0 amide bonds. The highest BCUT2D eigenvalue weighted by atomic mass is 16.5. The van der Waals surface area contributed by atoms with Crippen LogP contribution >= 0.6 is 0 Å². The topological polar surface area (TPSA) is 63.6 Å². The molecule has 0 aliphatic rings. The van der Waals surface area contributed by atoms with E-state index in [-0.39, 0.29) is 6.10 Å². The normalized spacial score (nSPS) is 8.94. The Balaban J connectivity index is 0.000000315. The lowest BCUT2D eigenvalue weighted by molar-refractivity contribution is -0.153. The minimum absolute atomic E-state index is 0.244. The van der Waals surface area contributed by atoms with Crippen LogP contribution in [0.25, 0.3) is 0 Å². The Hall–Kier alpha value is -1.84. The molecule has 4 nitrogen and oxygen atoms in total. The molecule has 0 saturated carbocycles. The zero-order chi connectivity index (χ0) is 12.4. The number of carboxylic acids is 1. The lowest BCUT2D eigenvalue weighted by Gasteiger charge is -2.04. The van der Waals surface area contributed by atoms with E-state index >= 15 is 0 Å². The summed E-state index contributed by atoms with van der Waals surface area (Å²) in [6.07, 6.45) is -0.801. The molecular weight excluding hydrogens is 208 g/mol. The minimum atomic E-state index is -1.16. The zero-order valence-corrected chi connectivity index (χ0v) is 9.42. The second-order valence-electron chi connectivity index (χ2n) is 3.26. The molecule has 0 saturated heterocycles. The predicted octanol–water partition coefficient (Wildman–Crippen LogP) is 2.10. The number of hydrogen-bond donors (Lipinski definition) is 1. The number of carboxylic acid groups (broad SMARTS) is 1. The van der Waals surface area contributed by atoms with E-state index in [1.54, 1.807) is 13.8 Å². The van der Waals surface area contributed by atoms with Crippen LogP contribution in [0.4, 0.5) is 0 Å². The standard InChI is InChI=1S/C6H10O4.C6H6/c1-4(2)10-6(9)3-5(7)8;1-2-4-6-5-3-1/h4H,3H2,1-2H3,(H,7,8);1-6H. The van der Waals surface area contributed by atoms with Crippen LogP contribution in [0.3, 0.4) is 0 Å². The summed E-state index contributed by atoms with van der Waals surface area (Å²) in [5, 5.41) is 8.10. The van der Waals surface area contributed by atoms with Crippen LogP contribution in [-0.2, 0) is 14.3 Å². The average molecular weight is 224 g/mol. The lowest BCUT2D eigenvalue weighted by Crippen LogP contribution is -2.14. The molecule has 1 aromatic carbocycles. The number of ether oxygens (including phenoxy) is 1. The number of aliphatic carboxylic acids is 1. The average Bonchev–Trinajstić information content (AvgIpc) is 2.18. The fourth-order valence-corrected chi connectivity index (χ4v) is 0.813. The number of carbonyl (C=O) groups excluding carboxylic acids is 1. The molecule has 0 bridgehead atoms. The van der Waals surface area contributed by atoms with Gasteiger partial charge in [0, 0.05) is 0 Å². The van der Waals surface area contributed by atoms with Crippen LogP contribution in [-0.4, -0.2) is 23.1 Å². The van der Waals surface area contributed by atoms with Crippen molar-refractivity contribution in [3.63, 3.8) is 0 Å². The minimum Gasteiger partial charge on any atom is -0.481 e. The van der Waals surface area contributed by atoms with Crippen LogP contribution < -0.4 is 0 Å². The van der Waals surface area contributed by atoms with E-state index in [2.05, 4.69) is 4.74 Å². The fourth-order valence-electron chi connectivity index (χ4n) is 0.813. The van der Waals surface area contributed by atoms with E-state index in [0.717, 1.165) is 0 Å². The maximum Gasteiger partial charge on any atom is 0.317 e. The molecule has 0 radical (unpaired) electrons. The van der Waals surface area contributed by atoms with Gasteiger partial charge in [0.1, 0.15) is 6.42 Å². The second-order valence-corrected chi connectivity index (χ2v) is 3.26. The SMILES string of the molecule is CC(C)OC(=O)CC(=O)O.c1ccccc1. The van der Waals surface area contributed by atoms with Crippen molar-refractivity contribution in [3.05, 3.63) is 36.4 Å². The van der Waals surface area contributed by atoms with Crippen molar-refractivity contribution in [2.75, 3.05) is 0 Å². The lowest BCUT2D eigenvalue weighted by atomic mass is 10.4. The molecule has 88 valence electrons. The maximum absolute atomic E-state index is 10.5. The Morgan fingerprint density at radius 2 is 1.44 bits per heavy atom. The Morgan fingerprint density at radius 3 is 1.69 bits per heavy atom. The zero-order valence-electron chi connectivity index (χ0n) is 9.42. The summed E-state index contributed by atoms with van der Waals surface area (Å²) in [5.74, 6) is -1.85. The van der Waals surface area contributed by atoms with Gasteiger partial charge in [0.2, 0.25) is 0 Å². The Labute approximate surface area is 94.9 Å². The third-order valence-electron chi connectivity index (χ3n) is 1.33. The first-order chi connectivity index (χ1) is 7.52. The molecule has 1 N–H and O–H groups in total. The van der Waals surface area contributed by atoms with Gasteiger partial charge in [-0.1, -0.05) is 36.4 Å². The number of hydrogen-bond acceptors (Lipinski definition) is 3. The van der Waals surface area contributed by atoms with E-state index in [4.69, 9.17) is 5.11 Å². The number of benzene rings is 1. The highest BCUT2D eigenvalue weighted by Gasteiger charge is 2.09. The molecule has 0 unspecified atom stereocenters. The van der Waals surface area contributed by atoms with Crippen LogP contribution in [0.1, 0.15) is 20.3 Å². The Morgan fingerprint density at radius 1 is 1.06 bits per heavy atom. The molecular formula is C12H16O4. The summed E-state index contributed by atoms with van der Waals surface area (Å²) in [5.41, 5.74) is 0. The van der Waals surface area contributed by atoms with Crippen molar-refractivity contribution in [1.82, 2.24) is 0 Å². The van der Waals surface area contributed by atoms with Crippen LogP contribution in [0.2, 0.25) is 0 Å². The number of carbonyl (C=O) groups is 2. The van der Waals surface area contributed by atoms with Gasteiger partial charge in [-0.2, -0.15) is 0 Å². The molecule has 0 aliphatic heterocycles. The highest BCUT2D eigenvalue weighted by molar-refractivity contribution is 5.90. The predicted molar refractivity (Wildman–Crippen MR) is 59.9 cm³/mol. The second kappa shape index (κ2) is 8.47. The summed E-state index contributed by atoms with van der Waals surface area (Å²) in [4.78, 5) is 20.4. The van der Waals surface area contributed by atoms with Crippen molar-refractivity contribution in [2.24, 2.45) is 0 Å². The van der Waals surface area contributed by atoms with Gasteiger partial charge < -0.3 is 9.84 Å². The summed E-state index contributed by atoms with van der Waals surface area (Å²) in [7, 11) is 0. The summed E-state index contributed by atoms with van der Waals surface area (Å²) < 4.78 is 4.54. The van der Waals surface area contributed by atoms with E-state index in [0.29, 0.717) is 0 Å². The fraction of sp³-hybridized carbons (Fsp3) is 0.333. The molecule has 16 heavy (non-hydrogen) atoms. The molecule has 0 aliphatic carbocycles. The molecule has 1 rings (SSSR count). The van der Waals surface area contributed by atoms with E-state index in [1.165, 1.54) is 0 Å². The van der Waals surface area contributed by atoms with Gasteiger partial charge in [0.15, 0.2) is 0 Å². The van der Waals surface area contributed by atoms with Crippen molar-refractivity contribution >= 4 is 11.9 Å².